The normalized spacial score (nSPS) is 16.2. The Balaban J connectivity index is 0.890. The van der Waals surface area contributed by atoms with Crippen LogP contribution in [0.4, 0.5) is 0 Å². The van der Waals surface area contributed by atoms with E-state index in [1.54, 1.807) is 48.6 Å². The van der Waals surface area contributed by atoms with E-state index in [1.807, 2.05) is 48.6 Å². The Morgan fingerprint density at radius 3 is 1.05 bits per heavy atom. The molecule has 0 saturated carbocycles. The van der Waals surface area contributed by atoms with Crippen LogP contribution < -0.4 is 0 Å². The number of unbranched alkanes of at least 4 members (excludes halogenated alkanes) is 6. The molecule has 0 fully saturated rings. The molecule has 5 aromatic rings. The van der Waals surface area contributed by atoms with Crippen LogP contribution >= 0.6 is 0 Å². The molecule has 4 amide bonds. The van der Waals surface area contributed by atoms with E-state index in [0.29, 0.717) is 85.0 Å². The molecule has 10 heteroatoms. The van der Waals surface area contributed by atoms with E-state index in [4.69, 9.17) is 9.47 Å². The number of hydrogen-bond donors (Lipinski definition) is 0. The highest BCUT2D eigenvalue weighted by Gasteiger charge is 2.36. The van der Waals surface area contributed by atoms with Gasteiger partial charge in [0.25, 0.3) is 23.6 Å². The van der Waals surface area contributed by atoms with Crippen LogP contribution in [0.2, 0.25) is 0 Å². The summed E-state index contributed by atoms with van der Waals surface area (Å²) < 4.78 is 10.7. The fourth-order valence-corrected chi connectivity index (χ4v) is 8.94. The topological polar surface area (TPSA) is 127 Å². The molecule has 0 N–H and O–H groups in total. The summed E-state index contributed by atoms with van der Waals surface area (Å²) in [5, 5.41) is 6.32. The second-order valence-electron chi connectivity index (χ2n) is 15.4. The van der Waals surface area contributed by atoms with E-state index in [0.717, 1.165) is 58.0 Å². The second-order valence-corrected chi connectivity index (χ2v) is 15.4. The van der Waals surface area contributed by atoms with Gasteiger partial charge >= 0.3 is 11.9 Å². The summed E-state index contributed by atoms with van der Waals surface area (Å²) in [5.74, 6) is -2.40. The minimum Gasteiger partial charge on any atom is -0.465 e. The van der Waals surface area contributed by atoms with Crippen LogP contribution in [0.15, 0.2) is 97.1 Å². The Kier molecular flexibility index (Phi) is 9.93. The van der Waals surface area contributed by atoms with Gasteiger partial charge in [-0.2, -0.15) is 0 Å². The summed E-state index contributed by atoms with van der Waals surface area (Å²) in [6, 6.07) is 14.9. The van der Waals surface area contributed by atoms with Gasteiger partial charge in [-0.05, 0) is 95.1 Å². The lowest BCUT2D eigenvalue weighted by Gasteiger charge is -2.30. The molecular formula is C48H42N2O8. The number of amides is 4. The van der Waals surface area contributed by atoms with Crippen LogP contribution in [0, 0.1) is 11.8 Å². The molecule has 292 valence electrons. The first-order valence-electron chi connectivity index (χ1n) is 20.3. The van der Waals surface area contributed by atoms with Crippen molar-refractivity contribution in [2.45, 2.75) is 51.4 Å². The van der Waals surface area contributed by atoms with Gasteiger partial charge in [0.2, 0.25) is 0 Å². The summed E-state index contributed by atoms with van der Waals surface area (Å²) in [7, 11) is 0. The monoisotopic (exact) mass is 774 g/mol. The van der Waals surface area contributed by atoms with Crippen molar-refractivity contribution in [1.82, 2.24) is 9.80 Å². The lowest BCUT2D eigenvalue weighted by Crippen LogP contribution is -2.41. The molecule has 10 nitrogen and oxygen atoms in total. The van der Waals surface area contributed by atoms with E-state index >= 15 is 0 Å². The predicted octanol–water partition coefficient (Wildman–Crippen LogP) is 8.62. The van der Waals surface area contributed by atoms with Crippen LogP contribution in [0.3, 0.4) is 0 Å². The number of ether oxygens (including phenoxy) is 2. The van der Waals surface area contributed by atoms with E-state index in [2.05, 4.69) is 0 Å². The number of benzene rings is 5. The van der Waals surface area contributed by atoms with E-state index in [1.165, 1.54) is 9.80 Å². The molecule has 0 radical (unpaired) electrons. The maximum absolute atomic E-state index is 13.9. The van der Waals surface area contributed by atoms with Crippen molar-refractivity contribution < 1.29 is 38.2 Å². The van der Waals surface area contributed by atoms with Crippen molar-refractivity contribution in [1.29, 1.82) is 0 Å². The first kappa shape index (κ1) is 37.2. The molecule has 0 bridgehead atoms. The number of imide groups is 2. The molecule has 2 aliphatic carbocycles. The zero-order valence-electron chi connectivity index (χ0n) is 32.0. The van der Waals surface area contributed by atoms with Crippen molar-refractivity contribution >= 4 is 78.7 Å². The van der Waals surface area contributed by atoms with Crippen molar-refractivity contribution in [3.63, 3.8) is 0 Å². The van der Waals surface area contributed by atoms with Gasteiger partial charge in [0.15, 0.2) is 0 Å². The summed E-state index contributed by atoms with van der Waals surface area (Å²) >= 11 is 0. The number of carbonyl (C=O) groups excluding carboxylic acids is 6. The molecule has 0 saturated heterocycles. The molecule has 0 spiro atoms. The zero-order chi connectivity index (χ0) is 39.9. The van der Waals surface area contributed by atoms with Crippen LogP contribution in [-0.4, -0.2) is 71.7 Å². The molecule has 0 unspecified atom stereocenters. The highest BCUT2D eigenvalue weighted by Crippen LogP contribution is 2.46. The summed E-state index contributed by atoms with van der Waals surface area (Å²) in [4.78, 5) is 82.6. The Bertz CT molecular complexity index is 2360. The fourth-order valence-electron chi connectivity index (χ4n) is 8.94. The van der Waals surface area contributed by atoms with Crippen LogP contribution in [0.5, 0.6) is 0 Å². The standard InChI is InChI=1S/C48H42N2O8/c51-43-35-21-17-31-33-19-23-37-42-38(46(54)50(45(37)53)26-10-2-4-12-28-58-48(56)30-15-7-8-16-30)24-20-34(40(33)42)32-18-22-36(41(35)39(31)32)44(52)49(43)25-9-1-3-11-27-57-47(55)29-13-5-6-14-29/h5-8,13-24,29-30H,1-4,9-12,25-28H2. The van der Waals surface area contributed by atoms with Crippen molar-refractivity contribution in [2.24, 2.45) is 11.8 Å². The van der Waals surface area contributed by atoms with Gasteiger partial charge in [-0.25, -0.2) is 0 Å². The number of hydrogen-bond acceptors (Lipinski definition) is 8. The third kappa shape index (κ3) is 6.37. The van der Waals surface area contributed by atoms with Crippen LogP contribution in [0.1, 0.15) is 92.8 Å². The predicted molar refractivity (Wildman–Crippen MR) is 221 cm³/mol. The van der Waals surface area contributed by atoms with E-state index in [9.17, 15) is 28.8 Å². The fraction of sp³-hybridized carbons (Fsp3) is 0.292. The lowest BCUT2D eigenvalue weighted by atomic mass is 9.82. The van der Waals surface area contributed by atoms with Gasteiger partial charge in [0.05, 0.1) is 25.0 Å². The zero-order valence-corrected chi connectivity index (χ0v) is 32.0. The van der Waals surface area contributed by atoms with E-state index in [-0.39, 0.29) is 47.4 Å². The SMILES string of the molecule is O=C(OCCCCCCN1C(=O)c2ccc3c4ccc5c6c(ccc(c7ccc(c2c37)C1=O)c64)C(=O)N(CCCCCCOC(=O)C1C=CC=C1)C5=O)C1C=CC=C1. The second kappa shape index (κ2) is 15.5. The first-order chi connectivity index (χ1) is 28.3. The molecule has 0 atom stereocenters. The Morgan fingerprint density at radius 1 is 0.414 bits per heavy atom. The molecule has 58 heavy (non-hydrogen) atoms. The maximum Gasteiger partial charge on any atom is 0.316 e. The van der Waals surface area contributed by atoms with Gasteiger partial charge in [-0.1, -0.05) is 85.7 Å². The molecule has 4 aliphatic rings. The minimum absolute atomic E-state index is 0.252. The van der Waals surface area contributed by atoms with Crippen LogP contribution in [-0.2, 0) is 19.1 Å². The smallest absolute Gasteiger partial charge is 0.316 e. The number of nitrogens with zero attached hydrogens (tertiary/aromatic N) is 2. The largest absolute Gasteiger partial charge is 0.465 e. The first-order valence-corrected chi connectivity index (χ1v) is 20.3. The van der Waals surface area contributed by atoms with Gasteiger partial charge in [0, 0.05) is 46.1 Å². The van der Waals surface area contributed by atoms with Gasteiger partial charge in [-0.15, -0.1) is 0 Å². The van der Waals surface area contributed by atoms with Crippen LogP contribution in [0.25, 0.3) is 43.1 Å². The van der Waals surface area contributed by atoms with Gasteiger partial charge in [0.1, 0.15) is 0 Å². The molecule has 2 aliphatic heterocycles. The highest BCUT2D eigenvalue weighted by atomic mass is 16.5. The number of esters is 2. The lowest BCUT2D eigenvalue weighted by molar-refractivity contribution is -0.146. The Hall–Kier alpha value is -6.42. The summed E-state index contributed by atoms with van der Waals surface area (Å²) in [6.45, 7) is 1.26. The Labute approximate surface area is 334 Å². The molecule has 5 aromatic carbocycles. The third-order valence-corrected chi connectivity index (χ3v) is 11.9. The van der Waals surface area contributed by atoms with Gasteiger partial charge < -0.3 is 9.47 Å². The number of fused-ring (bicyclic) bond motifs is 2. The number of carbonyl (C=O) groups is 6. The summed E-state index contributed by atoms with van der Waals surface area (Å²) in [6.07, 6.45) is 20.4. The summed E-state index contributed by atoms with van der Waals surface area (Å²) in [5.41, 5.74) is 1.92. The van der Waals surface area contributed by atoms with Crippen molar-refractivity contribution in [2.75, 3.05) is 26.3 Å². The average molecular weight is 775 g/mol. The quantitative estimate of drug-likeness (QED) is 0.0321. The number of rotatable bonds is 16. The molecule has 9 rings (SSSR count). The molecule has 2 heterocycles. The van der Waals surface area contributed by atoms with Crippen molar-refractivity contribution in [3.8, 4) is 0 Å². The number of allylic oxidation sites excluding steroid dienone is 4. The van der Waals surface area contributed by atoms with Gasteiger partial charge in [-0.3, -0.25) is 38.6 Å². The minimum atomic E-state index is -0.321. The maximum atomic E-state index is 13.9. The molecular weight excluding hydrogens is 733 g/mol. The Morgan fingerprint density at radius 2 is 0.724 bits per heavy atom. The average Bonchev–Trinajstić information content (AvgIpc) is 3.99. The van der Waals surface area contributed by atoms with E-state index < -0.39 is 0 Å². The molecule has 0 aromatic heterocycles. The van der Waals surface area contributed by atoms with Crippen molar-refractivity contribution in [3.05, 3.63) is 119 Å². The third-order valence-electron chi connectivity index (χ3n) is 11.9. The highest BCUT2D eigenvalue weighted by molar-refractivity contribution is 6.41.